The first-order chi connectivity index (χ1) is 14.5. The molecule has 0 fully saturated rings. The molecule has 0 saturated heterocycles. The molecule has 1 amide bonds. The summed E-state index contributed by atoms with van der Waals surface area (Å²) in [6.07, 6.45) is -0.911. The molecule has 1 unspecified atom stereocenters. The number of carboxylic acid groups (broad SMARTS) is 1. The summed E-state index contributed by atoms with van der Waals surface area (Å²) >= 11 is 0. The molecule has 9 nitrogen and oxygen atoms in total. The van der Waals surface area contributed by atoms with Crippen molar-refractivity contribution in [1.82, 2.24) is 5.32 Å². The molecule has 0 aliphatic carbocycles. The Bertz CT molecular complexity index is 959. The van der Waals surface area contributed by atoms with Gasteiger partial charge in [-0.05, 0) is 49.7 Å². The monoisotopic (exact) mass is 435 g/mol. The fourth-order valence-corrected chi connectivity index (χ4v) is 3.19. The lowest BCUT2D eigenvalue weighted by Gasteiger charge is -2.23. The number of carbonyl (C=O) groups excluding carboxylic acids is 1. The summed E-state index contributed by atoms with van der Waals surface area (Å²) in [6, 6.07) is 3.98. The number of aliphatic carboxylic acids is 1. The van der Waals surface area contributed by atoms with Crippen LogP contribution in [0.1, 0.15) is 26.3 Å². The maximum absolute atomic E-state index is 12.2. The van der Waals surface area contributed by atoms with Crippen molar-refractivity contribution in [2.45, 2.75) is 38.8 Å². The molecule has 2 N–H and O–H groups in total. The minimum atomic E-state index is -1.27. The lowest BCUT2D eigenvalue weighted by atomic mass is 9.96. The van der Waals surface area contributed by atoms with Crippen LogP contribution in [0.15, 0.2) is 18.2 Å². The van der Waals surface area contributed by atoms with E-state index in [2.05, 4.69) is 5.32 Å². The maximum atomic E-state index is 12.2. The first-order valence-electron chi connectivity index (χ1n) is 9.56. The van der Waals surface area contributed by atoms with Gasteiger partial charge in [-0.2, -0.15) is 0 Å². The molecule has 0 saturated carbocycles. The van der Waals surface area contributed by atoms with Crippen molar-refractivity contribution in [2.24, 2.45) is 0 Å². The van der Waals surface area contributed by atoms with Gasteiger partial charge in [0.15, 0.2) is 23.0 Å². The van der Waals surface area contributed by atoms with E-state index in [-0.39, 0.29) is 6.42 Å². The average Bonchev–Trinajstić information content (AvgIpc) is 2.70. The topological polar surface area (TPSA) is 113 Å². The van der Waals surface area contributed by atoms with Crippen LogP contribution in [0.3, 0.4) is 0 Å². The minimum absolute atomic E-state index is 0.0824. The van der Waals surface area contributed by atoms with Gasteiger partial charge in [0.25, 0.3) is 0 Å². The Morgan fingerprint density at radius 1 is 0.935 bits per heavy atom. The highest BCUT2D eigenvalue weighted by molar-refractivity contribution is 5.93. The molecule has 0 radical (unpaired) electrons. The van der Waals surface area contributed by atoms with Gasteiger partial charge in [-0.25, -0.2) is 9.59 Å². The van der Waals surface area contributed by atoms with E-state index < -0.39 is 23.7 Å². The molecule has 2 rings (SSSR count). The number of carbonyl (C=O) groups is 2. The van der Waals surface area contributed by atoms with Gasteiger partial charge in [0, 0.05) is 12.0 Å². The molecule has 0 heterocycles. The normalized spacial score (nSPS) is 12.1. The summed E-state index contributed by atoms with van der Waals surface area (Å²) in [5, 5.41) is 13.6. The molecule has 170 valence electrons. The molecule has 2 aromatic carbocycles. The Morgan fingerprint density at radius 3 is 1.97 bits per heavy atom. The van der Waals surface area contributed by atoms with Gasteiger partial charge in [0.2, 0.25) is 0 Å². The molecule has 0 aliphatic rings. The quantitative estimate of drug-likeness (QED) is 0.649. The average molecular weight is 435 g/mol. The molecule has 0 aliphatic heterocycles. The summed E-state index contributed by atoms with van der Waals surface area (Å²) < 4.78 is 27.0. The summed E-state index contributed by atoms with van der Waals surface area (Å²) in [5.41, 5.74) is -0.238. The van der Waals surface area contributed by atoms with E-state index in [1.54, 1.807) is 39.0 Å². The van der Waals surface area contributed by atoms with Gasteiger partial charge in [0.1, 0.15) is 11.6 Å². The highest BCUT2D eigenvalue weighted by Gasteiger charge is 2.28. The first-order valence-corrected chi connectivity index (χ1v) is 9.56. The van der Waals surface area contributed by atoms with Crippen molar-refractivity contribution in [2.75, 3.05) is 28.4 Å². The Morgan fingerprint density at radius 2 is 1.48 bits per heavy atom. The number of methoxy groups -OCH3 is 4. The van der Waals surface area contributed by atoms with Crippen LogP contribution in [0.25, 0.3) is 10.8 Å². The molecule has 31 heavy (non-hydrogen) atoms. The molecule has 0 spiro atoms. The number of benzene rings is 2. The number of amides is 1. The molecule has 0 bridgehead atoms. The predicted octanol–water partition coefficient (Wildman–Crippen LogP) is 3.39. The number of rotatable bonds is 8. The van der Waals surface area contributed by atoms with Crippen LogP contribution >= 0.6 is 0 Å². The van der Waals surface area contributed by atoms with Crippen molar-refractivity contribution < 1.29 is 38.4 Å². The summed E-state index contributed by atoms with van der Waals surface area (Å²) in [7, 11) is 5.98. The van der Waals surface area contributed by atoms with Gasteiger partial charge in [0.05, 0.1) is 28.4 Å². The lowest BCUT2D eigenvalue weighted by molar-refractivity contribution is -0.139. The van der Waals surface area contributed by atoms with Gasteiger partial charge in [-0.3, -0.25) is 0 Å². The number of alkyl carbamates (subject to hydrolysis) is 1. The van der Waals surface area contributed by atoms with Gasteiger partial charge >= 0.3 is 12.1 Å². The molecule has 9 heteroatoms. The minimum Gasteiger partial charge on any atom is -0.493 e. The number of carboxylic acids is 1. The number of ether oxygens (including phenoxy) is 5. The van der Waals surface area contributed by atoms with E-state index in [4.69, 9.17) is 23.7 Å². The Hall–Kier alpha value is -3.36. The predicted molar refractivity (Wildman–Crippen MR) is 115 cm³/mol. The van der Waals surface area contributed by atoms with E-state index in [9.17, 15) is 14.7 Å². The maximum Gasteiger partial charge on any atom is 0.408 e. The number of nitrogens with one attached hydrogen (secondary N) is 1. The highest BCUT2D eigenvalue weighted by atomic mass is 16.6. The van der Waals surface area contributed by atoms with Gasteiger partial charge < -0.3 is 34.1 Å². The van der Waals surface area contributed by atoms with Crippen LogP contribution in [0.2, 0.25) is 0 Å². The number of hydrogen-bond acceptors (Lipinski definition) is 7. The Kier molecular flexibility index (Phi) is 7.43. The van der Waals surface area contributed by atoms with E-state index in [0.717, 1.165) is 5.39 Å². The molecule has 0 aromatic heterocycles. The fraction of sp³-hybridized carbons (Fsp3) is 0.455. The van der Waals surface area contributed by atoms with Gasteiger partial charge in [-0.15, -0.1) is 0 Å². The second-order valence-corrected chi connectivity index (χ2v) is 7.76. The second kappa shape index (κ2) is 9.63. The van der Waals surface area contributed by atoms with Gasteiger partial charge in [-0.1, -0.05) is 0 Å². The van der Waals surface area contributed by atoms with Crippen molar-refractivity contribution in [3.63, 3.8) is 0 Å². The largest absolute Gasteiger partial charge is 0.493 e. The van der Waals surface area contributed by atoms with Crippen molar-refractivity contribution in [3.8, 4) is 23.0 Å². The third-order valence-electron chi connectivity index (χ3n) is 4.49. The first kappa shape index (κ1) is 23.9. The lowest BCUT2D eigenvalue weighted by Crippen LogP contribution is -2.44. The van der Waals surface area contributed by atoms with Crippen LogP contribution < -0.4 is 24.3 Å². The van der Waals surface area contributed by atoms with E-state index in [1.807, 2.05) is 0 Å². The third kappa shape index (κ3) is 5.62. The fourth-order valence-electron chi connectivity index (χ4n) is 3.19. The standard InChI is InChI=1S/C22H29NO8/c1-22(2,3)31-21(26)23-15(20(24)25)10-14-13-11-17(28-5)16(27-4)8-12(13)9-18(29-6)19(14)30-7/h8-9,11,15H,10H2,1-7H3,(H,23,26)(H,24,25). The molecule has 1 atom stereocenters. The van der Waals surface area contributed by atoms with Crippen LogP contribution in [0, 0.1) is 0 Å². The van der Waals surface area contributed by atoms with E-state index in [1.165, 1.54) is 28.4 Å². The number of fused-ring (bicyclic) bond motifs is 1. The smallest absolute Gasteiger partial charge is 0.408 e. The summed E-state index contributed by atoms with van der Waals surface area (Å²) in [6.45, 7) is 5.09. The highest BCUT2D eigenvalue weighted by Crippen LogP contribution is 2.42. The molecular formula is C22H29NO8. The van der Waals surface area contributed by atoms with Crippen molar-refractivity contribution in [1.29, 1.82) is 0 Å². The zero-order valence-electron chi connectivity index (χ0n) is 18.8. The zero-order valence-corrected chi connectivity index (χ0v) is 18.8. The Balaban J connectivity index is 2.61. The van der Waals surface area contributed by atoms with Crippen molar-refractivity contribution in [3.05, 3.63) is 23.8 Å². The van der Waals surface area contributed by atoms with E-state index >= 15 is 0 Å². The SMILES string of the molecule is COc1cc2cc(OC)c(OC)c(CC(NC(=O)OC(C)(C)C)C(=O)O)c2cc1OC. The van der Waals surface area contributed by atoms with Crippen LogP contribution in [-0.4, -0.2) is 57.3 Å². The van der Waals surface area contributed by atoms with Crippen LogP contribution in [0.5, 0.6) is 23.0 Å². The number of hydrogen-bond donors (Lipinski definition) is 2. The third-order valence-corrected chi connectivity index (χ3v) is 4.49. The van der Waals surface area contributed by atoms with Crippen molar-refractivity contribution >= 4 is 22.8 Å². The molecule has 2 aromatic rings. The second-order valence-electron chi connectivity index (χ2n) is 7.76. The van der Waals surface area contributed by atoms with Crippen LogP contribution in [0.4, 0.5) is 4.79 Å². The van der Waals surface area contributed by atoms with Crippen LogP contribution in [-0.2, 0) is 16.0 Å². The summed E-state index contributed by atoms with van der Waals surface area (Å²) in [4.78, 5) is 24.1. The van der Waals surface area contributed by atoms with E-state index in [0.29, 0.717) is 33.9 Å². The summed E-state index contributed by atoms with van der Waals surface area (Å²) in [5.74, 6) is 0.535. The Labute approximate surface area is 181 Å². The zero-order chi connectivity index (χ0) is 23.3. The molecular weight excluding hydrogens is 406 g/mol.